The van der Waals surface area contributed by atoms with Gasteiger partial charge < -0.3 is 5.11 Å². The van der Waals surface area contributed by atoms with Crippen molar-refractivity contribution in [3.05, 3.63) is 34.1 Å². The molecule has 2 unspecified atom stereocenters. The van der Waals surface area contributed by atoms with Gasteiger partial charge in [0.1, 0.15) is 5.82 Å². The van der Waals surface area contributed by atoms with Gasteiger partial charge in [0.2, 0.25) is 0 Å². The minimum atomic E-state index is -0.800. The molecular weight excluding hydrogens is 313 g/mol. The summed E-state index contributed by atoms with van der Waals surface area (Å²) in [7, 11) is 0. The van der Waals surface area contributed by atoms with Gasteiger partial charge in [0.25, 0.3) is 0 Å². The molecule has 0 radical (unpaired) electrons. The first-order chi connectivity index (χ1) is 8.86. The zero-order chi connectivity index (χ0) is 14.6. The van der Waals surface area contributed by atoms with Crippen LogP contribution in [0.25, 0.3) is 0 Å². The summed E-state index contributed by atoms with van der Waals surface area (Å²) in [5, 5.41) is 8.98. The van der Waals surface area contributed by atoms with Crippen molar-refractivity contribution in [1.82, 2.24) is 4.90 Å². The van der Waals surface area contributed by atoms with Crippen LogP contribution >= 0.6 is 15.9 Å². The van der Waals surface area contributed by atoms with Gasteiger partial charge in [-0.2, -0.15) is 0 Å². The van der Waals surface area contributed by atoms with Crippen LogP contribution in [-0.2, 0) is 4.79 Å². The molecule has 0 aromatic heterocycles. The van der Waals surface area contributed by atoms with Gasteiger partial charge in [-0.25, -0.2) is 4.39 Å². The number of carboxylic acid groups (broad SMARTS) is 1. The summed E-state index contributed by atoms with van der Waals surface area (Å²) < 4.78 is 13.7. The van der Waals surface area contributed by atoms with Crippen molar-refractivity contribution in [2.75, 3.05) is 13.1 Å². The first-order valence-electron chi connectivity index (χ1n) is 6.28. The van der Waals surface area contributed by atoms with Crippen molar-refractivity contribution in [1.29, 1.82) is 0 Å². The Morgan fingerprint density at radius 3 is 2.58 bits per heavy atom. The minimum absolute atomic E-state index is 0.0451. The number of benzene rings is 1. The third-order valence-corrected chi connectivity index (χ3v) is 3.92. The maximum atomic E-state index is 13.2. The van der Waals surface area contributed by atoms with E-state index in [1.807, 2.05) is 13.8 Å². The molecule has 0 bridgehead atoms. The molecule has 2 atom stereocenters. The summed E-state index contributed by atoms with van der Waals surface area (Å²) in [4.78, 5) is 13.0. The zero-order valence-corrected chi connectivity index (χ0v) is 12.9. The Morgan fingerprint density at radius 2 is 2.11 bits per heavy atom. The second-order valence-electron chi connectivity index (χ2n) is 4.68. The molecule has 0 saturated heterocycles. The van der Waals surface area contributed by atoms with Crippen LogP contribution in [0.2, 0.25) is 0 Å². The molecule has 0 aliphatic carbocycles. The monoisotopic (exact) mass is 331 g/mol. The van der Waals surface area contributed by atoms with Crippen LogP contribution in [0.3, 0.4) is 0 Å². The van der Waals surface area contributed by atoms with Gasteiger partial charge >= 0.3 is 5.97 Å². The van der Waals surface area contributed by atoms with E-state index in [4.69, 9.17) is 5.11 Å². The molecule has 19 heavy (non-hydrogen) atoms. The van der Waals surface area contributed by atoms with Crippen LogP contribution in [0.15, 0.2) is 22.7 Å². The number of carbonyl (C=O) groups is 1. The van der Waals surface area contributed by atoms with E-state index in [1.54, 1.807) is 19.1 Å². The fourth-order valence-corrected chi connectivity index (χ4v) is 2.37. The third kappa shape index (κ3) is 4.28. The van der Waals surface area contributed by atoms with E-state index < -0.39 is 11.9 Å². The van der Waals surface area contributed by atoms with Gasteiger partial charge in [0.15, 0.2) is 0 Å². The third-order valence-electron chi connectivity index (χ3n) is 3.31. The largest absolute Gasteiger partial charge is 0.481 e. The van der Waals surface area contributed by atoms with Crippen molar-refractivity contribution in [3.63, 3.8) is 0 Å². The van der Waals surface area contributed by atoms with E-state index in [1.165, 1.54) is 6.07 Å². The topological polar surface area (TPSA) is 40.5 Å². The minimum Gasteiger partial charge on any atom is -0.481 e. The Bertz CT molecular complexity index is 453. The summed E-state index contributed by atoms with van der Waals surface area (Å²) in [6.07, 6.45) is 0. The van der Waals surface area contributed by atoms with Crippen molar-refractivity contribution in [2.45, 2.75) is 26.8 Å². The molecule has 0 aliphatic rings. The van der Waals surface area contributed by atoms with Gasteiger partial charge in [0.05, 0.1) is 10.4 Å². The van der Waals surface area contributed by atoms with Gasteiger partial charge in [0, 0.05) is 12.6 Å². The highest BCUT2D eigenvalue weighted by molar-refractivity contribution is 9.10. The second-order valence-corrected chi connectivity index (χ2v) is 5.53. The number of nitrogens with zero attached hydrogens (tertiary/aromatic N) is 1. The van der Waals surface area contributed by atoms with E-state index in [-0.39, 0.29) is 11.9 Å². The summed E-state index contributed by atoms with van der Waals surface area (Å²) in [6, 6.07) is 4.95. The van der Waals surface area contributed by atoms with Gasteiger partial charge in [-0.15, -0.1) is 0 Å². The SMILES string of the molecule is CCN(CC(C)C(=O)O)C(C)c1ccc(F)c(Br)c1. The highest BCUT2D eigenvalue weighted by Gasteiger charge is 2.20. The Labute approximate surface area is 121 Å². The molecule has 1 rings (SSSR count). The lowest BCUT2D eigenvalue weighted by Crippen LogP contribution is -2.33. The van der Waals surface area contributed by atoms with Crippen molar-refractivity contribution in [3.8, 4) is 0 Å². The van der Waals surface area contributed by atoms with Crippen molar-refractivity contribution in [2.24, 2.45) is 5.92 Å². The second kappa shape index (κ2) is 7.01. The van der Waals surface area contributed by atoms with E-state index in [0.717, 1.165) is 12.1 Å². The molecule has 1 aromatic rings. The van der Waals surface area contributed by atoms with E-state index in [0.29, 0.717) is 11.0 Å². The van der Waals surface area contributed by atoms with Crippen LogP contribution in [0.1, 0.15) is 32.4 Å². The maximum Gasteiger partial charge on any atom is 0.307 e. The smallest absolute Gasteiger partial charge is 0.307 e. The predicted octanol–water partition coefficient (Wildman–Crippen LogP) is 3.69. The van der Waals surface area contributed by atoms with Crippen molar-refractivity contribution < 1.29 is 14.3 Å². The van der Waals surface area contributed by atoms with Gasteiger partial charge in [-0.05, 0) is 47.1 Å². The molecule has 1 aromatic carbocycles. The molecule has 0 amide bonds. The Kier molecular flexibility index (Phi) is 5.94. The van der Waals surface area contributed by atoms with Crippen molar-refractivity contribution >= 4 is 21.9 Å². The molecule has 3 nitrogen and oxygen atoms in total. The van der Waals surface area contributed by atoms with E-state index in [2.05, 4.69) is 20.8 Å². The zero-order valence-electron chi connectivity index (χ0n) is 11.4. The Balaban J connectivity index is 2.85. The summed E-state index contributed by atoms with van der Waals surface area (Å²) in [6.45, 7) is 6.90. The number of halogens is 2. The highest BCUT2D eigenvalue weighted by atomic mass is 79.9. The lowest BCUT2D eigenvalue weighted by Gasteiger charge is -2.29. The lowest BCUT2D eigenvalue weighted by atomic mass is 10.0. The normalized spacial score (nSPS) is 14.4. The molecule has 106 valence electrons. The average Bonchev–Trinajstić information content (AvgIpc) is 2.37. The van der Waals surface area contributed by atoms with Gasteiger partial charge in [-0.1, -0.05) is 19.9 Å². The Morgan fingerprint density at radius 1 is 1.47 bits per heavy atom. The molecule has 0 heterocycles. The molecular formula is C14H19BrFNO2. The number of carboxylic acids is 1. The summed E-state index contributed by atoms with van der Waals surface area (Å²) >= 11 is 3.17. The number of hydrogen-bond acceptors (Lipinski definition) is 2. The first-order valence-corrected chi connectivity index (χ1v) is 7.07. The predicted molar refractivity (Wildman–Crippen MR) is 76.6 cm³/mol. The van der Waals surface area contributed by atoms with E-state index >= 15 is 0 Å². The van der Waals surface area contributed by atoms with Crippen LogP contribution < -0.4 is 0 Å². The summed E-state index contributed by atoms with van der Waals surface area (Å²) in [5.74, 6) is -1.52. The van der Waals surface area contributed by atoms with Crippen LogP contribution in [0.4, 0.5) is 4.39 Å². The number of rotatable bonds is 6. The standard InChI is InChI=1S/C14H19BrFNO2/c1-4-17(8-9(2)14(18)19)10(3)11-5-6-13(16)12(15)7-11/h5-7,9-10H,4,8H2,1-3H3,(H,18,19). The molecule has 0 saturated carbocycles. The molecule has 0 aliphatic heterocycles. The fourth-order valence-electron chi connectivity index (χ4n) is 1.97. The summed E-state index contributed by atoms with van der Waals surface area (Å²) in [5.41, 5.74) is 0.965. The molecule has 5 heteroatoms. The van der Waals surface area contributed by atoms with Crippen LogP contribution in [0.5, 0.6) is 0 Å². The Hall–Kier alpha value is -0.940. The number of hydrogen-bond donors (Lipinski definition) is 1. The highest BCUT2D eigenvalue weighted by Crippen LogP contribution is 2.25. The average molecular weight is 332 g/mol. The van der Waals surface area contributed by atoms with Crippen LogP contribution in [0, 0.1) is 11.7 Å². The first kappa shape index (κ1) is 16.1. The number of aliphatic carboxylic acids is 1. The van der Waals surface area contributed by atoms with E-state index in [9.17, 15) is 9.18 Å². The molecule has 1 N–H and O–H groups in total. The lowest BCUT2D eigenvalue weighted by molar-refractivity contribution is -0.141. The molecule has 0 spiro atoms. The quantitative estimate of drug-likeness (QED) is 0.864. The molecule has 0 fully saturated rings. The van der Waals surface area contributed by atoms with Crippen LogP contribution in [-0.4, -0.2) is 29.1 Å². The maximum absolute atomic E-state index is 13.2. The van der Waals surface area contributed by atoms with Gasteiger partial charge in [-0.3, -0.25) is 9.69 Å². The fraction of sp³-hybridized carbons (Fsp3) is 0.500.